The molecule has 3 nitrogen and oxygen atoms in total. The maximum atomic E-state index is 10.5. The van der Waals surface area contributed by atoms with Gasteiger partial charge in [-0.05, 0) is 7.05 Å². The fraction of sp³-hybridized carbons (Fsp3) is 0.625. The summed E-state index contributed by atoms with van der Waals surface area (Å²) in [5.74, 6) is 4.81. The summed E-state index contributed by atoms with van der Waals surface area (Å²) >= 11 is 0. The van der Waals surface area contributed by atoms with Crippen LogP contribution in [0.25, 0.3) is 0 Å². The first-order valence-electron chi connectivity index (χ1n) is 3.44. The molecule has 0 bridgehead atoms. The van der Waals surface area contributed by atoms with Crippen LogP contribution in [0.5, 0.6) is 0 Å². The average Bonchev–Trinajstić information content (AvgIpc) is 2.01. The van der Waals surface area contributed by atoms with Crippen molar-refractivity contribution in [2.75, 3.05) is 20.7 Å². The number of carbonyl (C=O) groups is 1. The van der Waals surface area contributed by atoms with Crippen molar-refractivity contribution in [2.24, 2.45) is 5.92 Å². The van der Waals surface area contributed by atoms with E-state index in [0.717, 1.165) is 6.54 Å². The zero-order chi connectivity index (χ0) is 8.69. The Kier molecular flexibility index (Phi) is 5.22. The lowest BCUT2D eigenvalue weighted by Crippen LogP contribution is -2.14. The molecule has 0 saturated heterocycles. The minimum absolute atomic E-state index is 0.180. The zero-order valence-electron chi connectivity index (χ0n) is 7.10. The van der Waals surface area contributed by atoms with E-state index in [4.69, 9.17) is 0 Å². The standard InChI is InChI=1S/C8H13NO2/c1-7(6-9-2)4-5-8(10)11-3/h7,9H,6H2,1-3H3. The smallest absolute Gasteiger partial charge is 0.384 e. The van der Waals surface area contributed by atoms with Gasteiger partial charge in [-0.3, -0.25) is 0 Å². The van der Waals surface area contributed by atoms with Crippen LogP contribution in [0.2, 0.25) is 0 Å². The second kappa shape index (κ2) is 5.75. The van der Waals surface area contributed by atoms with Gasteiger partial charge < -0.3 is 10.1 Å². The first-order valence-corrected chi connectivity index (χ1v) is 3.44. The second-order valence-corrected chi connectivity index (χ2v) is 2.22. The van der Waals surface area contributed by atoms with Gasteiger partial charge in [-0.2, -0.15) is 0 Å². The van der Waals surface area contributed by atoms with E-state index in [-0.39, 0.29) is 5.92 Å². The van der Waals surface area contributed by atoms with Crippen molar-refractivity contribution in [3.05, 3.63) is 0 Å². The van der Waals surface area contributed by atoms with Gasteiger partial charge in [0.15, 0.2) is 0 Å². The fourth-order valence-electron chi connectivity index (χ4n) is 0.590. The Morgan fingerprint density at radius 2 is 2.36 bits per heavy atom. The summed E-state index contributed by atoms with van der Waals surface area (Å²) in [5.41, 5.74) is 0. The van der Waals surface area contributed by atoms with Crippen molar-refractivity contribution in [2.45, 2.75) is 6.92 Å². The van der Waals surface area contributed by atoms with Crippen molar-refractivity contribution in [3.8, 4) is 11.8 Å². The third-order valence-electron chi connectivity index (χ3n) is 1.12. The van der Waals surface area contributed by atoms with Crippen LogP contribution in [0, 0.1) is 17.8 Å². The lowest BCUT2D eigenvalue weighted by atomic mass is 10.2. The van der Waals surface area contributed by atoms with Gasteiger partial charge in [-0.15, -0.1) is 0 Å². The second-order valence-electron chi connectivity index (χ2n) is 2.22. The van der Waals surface area contributed by atoms with E-state index in [1.807, 2.05) is 14.0 Å². The Hall–Kier alpha value is -1.01. The van der Waals surface area contributed by atoms with Crippen LogP contribution in [-0.2, 0) is 9.53 Å². The number of ether oxygens (including phenoxy) is 1. The third-order valence-corrected chi connectivity index (χ3v) is 1.12. The fourth-order valence-corrected chi connectivity index (χ4v) is 0.590. The zero-order valence-corrected chi connectivity index (χ0v) is 7.10. The van der Waals surface area contributed by atoms with Crippen molar-refractivity contribution < 1.29 is 9.53 Å². The molecule has 3 heteroatoms. The molecule has 0 aromatic carbocycles. The molecule has 1 N–H and O–H groups in total. The van der Waals surface area contributed by atoms with Crippen molar-refractivity contribution in [1.82, 2.24) is 5.32 Å². The van der Waals surface area contributed by atoms with E-state index in [1.165, 1.54) is 7.11 Å². The molecule has 0 aliphatic carbocycles. The molecule has 1 unspecified atom stereocenters. The van der Waals surface area contributed by atoms with Gasteiger partial charge in [0, 0.05) is 18.4 Å². The van der Waals surface area contributed by atoms with Crippen LogP contribution in [0.1, 0.15) is 6.92 Å². The molecule has 0 aromatic rings. The predicted molar refractivity (Wildman–Crippen MR) is 42.9 cm³/mol. The highest BCUT2D eigenvalue weighted by Crippen LogP contribution is 1.87. The molecule has 1 atom stereocenters. The summed E-state index contributed by atoms with van der Waals surface area (Å²) in [7, 11) is 3.16. The quantitative estimate of drug-likeness (QED) is 0.347. The van der Waals surface area contributed by atoms with E-state index in [0.29, 0.717) is 0 Å². The first-order chi connectivity index (χ1) is 5.20. The molecule has 0 aliphatic rings. The lowest BCUT2D eigenvalue weighted by Gasteiger charge is -1.99. The third kappa shape index (κ3) is 5.43. The molecule has 62 valence electrons. The highest BCUT2D eigenvalue weighted by Gasteiger charge is 1.94. The maximum absolute atomic E-state index is 10.5. The summed E-state index contributed by atoms with van der Waals surface area (Å²) in [5, 5.41) is 2.95. The van der Waals surface area contributed by atoms with Gasteiger partial charge in [0.25, 0.3) is 0 Å². The van der Waals surface area contributed by atoms with E-state index >= 15 is 0 Å². The van der Waals surface area contributed by atoms with Gasteiger partial charge in [0.05, 0.1) is 7.11 Å². The molecule has 0 spiro atoms. The summed E-state index contributed by atoms with van der Waals surface area (Å²) in [6.45, 7) is 2.72. The number of rotatable bonds is 2. The summed E-state index contributed by atoms with van der Waals surface area (Å²) < 4.78 is 4.35. The molecule has 0 rings (SSSR count). The van der Waals surface area contributed by atoms with E-state index < -0.39 is 5.97 Å². The number of carbonyl (C=O) groups excluding carboxylic acids is 1. The number of methoxy groups -OCH3 is 1. The number of hydrogen-bond acceptors (Lipinski definition) is 3. The molecule has 0 amide bonds. The Labute approximate surface area is 67.1 Å². The highest BCUT2D eigenvalue weighted by atomic mass is 16.5. The van der Waals surface area contributed by atoms with E-state index in [9.17, 15) is 4.79 Å². The first kappa shape index (κ1) is 9.99. The summed E-state index contributed by atoms with van der Waals surface area (Å²) in [4.78, 5) is 10.5. The van der Waals surface area contributed by atoms with Gasteiger partial charge >= 0.3 is 5.97 Å². The van der Waals surface area contributed by atoms with Crippen LogP contribution < -0.4 is 5.32 Å². The lowest BCUT2D eigenvalue weighted by molar-refractivity contribution is -0.133. The number of nitrogens with one attached hydrogen (secondary N) is 1. The topological polar surface area (TPSA) is 38.3 Å². The predicted octanol–water partition coefficient (Wildman–Crippen LogP) is 0.0183. The highest BCUT2D eigenvalue weighted by molar-refractivity contribution is 5.88. The molecule has 11 heavy (non-hydrogen) atoms. The molecule has 0 aliphatic heterocycles. The van der Waals surface area contributed by atoms with Crippen molar-refractivity contribution >= 4 is 5.97 Å². The van der Waals surface area contributed by atoms with Crippen LogP contribution >= 0.6 is 0 Å². The Morgan fingerprint density at radius 3 is 2.82 bits per heavy atom. The van der Waals surface area contributed by atoms with E-state index in [1.54, 1.807) is 0 Å². The molecule has 0 fully saturated rings. The van der Waals surface area contributed by atoms with Crippen LogP contribution in [0.3, 0.4) is 0 Å². The van der Waals surface area contributed by atoms with Crippen molar-refractivity contribution in [3.63, 3.8) is 0 Å². The van der Waals surface area contributed by atoms with Crippen LogP contribution in [0.4, 0.5) is 0 Å². The number of hydrogen-bond donors (Lipinski definition) is 1. The molecular weight excluding hydrogens is 142 g/mol. The Balaban J connectivity index is 3.76. The molecule has 0 radical (unpaired) electrons. The molecule has 0 heterocycles. The Morgan fingerprint density at radius 1 is 1.73 bits per heavy atom. The maximum Gasteiger partial charge on any atom is 0.384 e. The van der Waals surface area contributed by atoms with Crippen molar-refractivity contribution in [1.29, 1.82) is 0 Å². The summed E-state index contributed by atoms with van der Waals surface area (Å²) in [6.07, 6.45) is 0. The molecular formula is C8H13NO2. The number of esters is 1. The normalized spacial score (nSPS) is 11.2. The molecule has 0 aromatic heterocycles. The van der Waals surface area contributed by atoms with Gasteiger partial charge in [0.1, 0.15) is 0 Å². The van der Waals surface area contributed by atoms with Gasteiger partial charge in [-0.25, -0.2) is 4.79 Å². The van der Waals surface area contributed by atoms with Gasteiger partial charge in [-0.1, -0.05) is 12.8 Å². The Bertz CT molecular complexity index is 178. The summed E-state index contributed by atoms with van der Waals surface area (Å²) in [6, 6.07) is 0. The average molecular weight is 155 g/mol. The monoisotopic (exact) mass is 155 g/mol. The minimum atomic E-state index is -0.479. The minimum Gasteiger partial charge on any atom is -0.459 e. The van der Waals surface area contributed by atoms with Crippen LogP contribution in [0.15, 0.2) is 0 Å². The van der Waals surface area contributed by atoms with E-state index in [2.05, 4.69) is 21.9 Å². The van der Waals surface area contributed by atoms with Gasteiger partial charge in [0.2, 0.25) is 0 Å². The SMILES string of the molecule is CNCC(C)C#CC(=O)OC. The van der Waals surface area contributed by atoms with Crippen LogP contribution in [-0.4, -0.2) is 26.7 Å². The molecule has 0 saturated carbocycles. The largest absolute Gasteiger partial charge is 0.459 e.